The van der Waals surface area contributed by atoms with Crippen LogP contribution in [0.4, 0.5) is 0 Å². The summed E-state index contributed by atoms with van der Waals surface area (Å²) in [4.78, 5) is 8.43. The van der Waals surface area contributed by atoms with Crippen LogP contribution in [-0.4, -0.2) is 19.1 Å². The Bertz CT molecular complexity index is 1950. The fourth-order valence-corrected chi connectivity index (χ4v) is 5.15. The van der Waals surface area contributed by atoms with Crippen LogP contribution in [0.25, 0.3) is 55.1 Å². The zero-order chi connectivity index (χ0) is 25.3. The van der Waals surface area contributed by atoms with Crippen molar-refractivity contribution in [2.45, 2.75) is 0 Å². The molecule has 0 bridgehead atoms. The Morgan fingerprint density at radius 3 is 1.82 bits per heavy atom. The molecule has 4 nitrogen and oxygen atoms in total. The van der Waals surface area contributed by atoms with Gasteiger partial charge in [-0.2, -0.15) is 30.3 Å². The van der Waals surface area contributed by atoms with E-state index in [1.165, 1.54) is 21.5 Å². The van der Waals surface area contributed by atoms with Gasteiger partial charge < -0.3 is 9.13 Å². The minimum Gasteiger partial charge on any atom is -0.358 e. The van der Waals surface area contributed by atoms with Gasteiger partial charge in [0.1, 0.15) is 5.82 Å². The maximum absolute atomic E-state index is 4.64. The average Bonchev–Trinajstić information content (AvgIpc) is 3.51. The van der Waals surface area contributed by atoms with E-state index in [4.69, 9.17) is 0 Å². The van der Waals surface area contributed by atoms with E-state index >= 15 is 0 Å². The number of rotatable bonds is 2. The third-order valence-corrected chi connectivity index (χ3v) is 6.75. The molecule has 0 N–H and O–H groups in total. The van der Waals surface area contributed by atoms with E-state index in [-0.39, 0.29) is 21.1 Å². The second-order valence-electron chi connectivity index (χ2n) is 8.96. The van der Waals surface area contributed by atoms with Crippen molar-refractivity contribution in [1.29, 1.82) is 0 Å². The molecule has 0 atom stereocenters. The van der Waals surface area contributed by atoms with Gasteiger partial charge in [0.25, 0.3) is 0 Å². The fraction of sp³-hybridized carbons (Fsp3) is 0. The molecule has 4 heterocycles. The molecule has 8 rings (SSSR count). The van der Waals surface area contributed by atoms with Crippen LogP contribution in [0.3, 0.4) is 0 Å². The molecule has 4 aromatic carbocycles. The van der Waals surface area contributed by atoms with E-state index in [1.54, 1.807) is 12.4 Å². The molecule has 8 aromatic rings. The molecule has 188 valence electrons. The second kappa shape index (κ2) is 10.7. The van der Waals surface area contributed by atoms with Crippen molar-refractivity contribution in [3.63, 3.8) is 0 Å². The third kappa shape index (κ3) is 4.33. The van der Waals surface area contributed by atoms with Crippen LogP contribution in [0.1, 0.15) is 0 Å². The number of hydrogen-bond donors (Lipinski definition) is 0. The summed E-state index contributed by atoms with van der Waals surface area (Å²) in [5.74, 6) is 0.890. The number of aromatic nitrogens is 4. The normalized spacial score (nSPS) is 10.9. The van der Waals surface area contributed by atoms with Gasteiger partial charge in [-0.1, -0.05) is 65.3 Å². The number of benzene rings is 4. The van der Waals surface area contributed by atoms with Crippen molar-refractivity contribution < 1.29 is 21.1 Å². The van der Waals surface area contributed by atoms with Crippen LogP contribution in [0.2, 0.25) is 0 Å². The molecule has 39 heavy (non-hydrogen) atoms. The largest absolute Gasteiger partial charge is 2.00 e. The molecule has 4 aromatic heterocycles. The monoisotopic (exact) mass is 681 g/mol. The molecule has 0 aliphatic carbocycles. The molecule has 0 aliphatic heterocycles. The average molecular weight is 682 g/mol. The van der Waals surface area contributed by atoms with E-state index in [0.29, 0.717) is 0 Å². The number of pyridine rings is 2. The third-order valence-electron chi connectivity index (χ3n) is 6.75. The van der Waals surface area contributed by atoms with Gasteiger partial charge in [0.05, 0.1) is 0 Å². The molecular formula is C34H22N4Pt. The topological polar surface area (TPSA) is 35.6 Å². The first-order chi connectivity index (χ1) is 18.9. The van der Waals surface area contributed by atoms with Gasteiger partial charge in [0, 0.05) is 29.6 Å². The molecule has 0 aliphatic rings. The minimum absolute atomic E-state index is 0. The van der Waals surface area contributed by atoms with E-state index < -0.39 is 0 Å². The number of para-hydroxylation sites is 3. The molecule has 0 unspecified atom stereocenters. The van der Waals surface area contributed by atoms with Crippen LogP contribution in [0.5, 0.6) is 0 Å². The van der Waals surface area contributed by atoms with Gasteiger partial charge in [-0.25, -0.2) is 4.98 Å². The van der Waals surface area contributed by atoms with Crippen LogP contribution in [-0.2, 0) is 21.1 Å². The van der Waals surface area contributed by atoms with Crippen LogP contribution < -0.4 is 0 Å². The standard InChI is InChI=1S/C29H17N3.C5H5N.Pt/c1-4-12-25-21(9-1)22-10-2-5-13-26(22)31(25)20-16-17-24-23-11-3-6-14-27(23)32(28(24)19-20)29-15-7-8-18-30-29;1-2-4-6-5-3-1;/h1-12,14-18H;1-5H;/q-2;;+2. The summed E-state index contributed by atoms with van der Waals surface area (Å²) >= 11 is 0. The zero-order valence-corrected chi connectivity index (χ0v) is 23.1. The van der Waals surface area contributed by atoms with Crippen molar-refractivity contribution in [2.75, 3.05) is 0 Å². The molecule has 0 spiro atoms. The van der Waals surface area contributed by atoms with Crippen LogP contribution in [0.15, 0.2) is 134 Å². The fourth-order valence-electron chi connectivity index (χ4n) is 5.15. The van der Waals surface area contributed by atoms with Gasteiger partial charge in [0.2, 0.25) is 0 Å². The molecule has 0 radical (unpaired) electrons. The van der Waals surface area contributed by atoms with E-state index in [9.17, 15) is 0 Å². The van der Waals surface area contributed by atoms with Gasteiger partial charge in [-0.3, -0.25) is 4.98 Å². The van der Waals surface area contributed by atoms with Crippen molar-refractivity contribution in [2.24, 2.45) is 0 Å². The summed E-state index contributed by atoms with van der Waals surface area (Å²) in [6.07, 6.45) is 5.34. The van der Waals surface area contributed by atoms with E-state index in [1.807, 2.05) is 54.7 Å². The predicted molar refractivity (Wildman–Crippen MR) is 155 cm³/mol. The zero-order valence-electron chi connectivity index (χ0n) is 20.8. The van der Waals surface area contributed by atoms with Gasteiger partial charge in [-0.05, 0) is 47.2 Å². The molecule has 0 amide bonds. The Morgan fingerprint density at radius 2 is 1.15 bits per heavy atom. The van der Waals surface area contributed by atoms with Crippen molar-refractivity contribution >= 4 is 43.6 Å². The summed E-state index contributed by atoms with van der Waals surface area (Å²) in [6, 6.07) is 46.4. The van der Waals surface area contributed by atoms with Crippen LogP contribution in [0, 0.1) is 12.1 Å². The van der Waals surface area contributed by atoms with Gasteiger partial charge in [-0.15, -0.1) is 22.9 Å². The van der Waals surface area contributed by atoms with Crippen LogP contribution >= 0.6 is 0 Å². The Kier molecular flexibility index (Phi) is 6.79. The van der Waals surface area contributed by atoms with Gasteiger partial charge in [0.15, 0.2) is 0 Å². The van der Waals surface area contributed by atoms with Crippen molar-refractivity contribution in [3.8, 4) is 11.5 Å². The molecular weight excluding hydrogens is 659 g/mol. The first-order valence-corrected chi connectivity index (χ1v) is 12.5. The van der Waals surface area contributed by atoms with Crippen molar-refractivity contribution in [1.82, 2.24) is 19.1 Å². The first kappa shape index (κ1) is 24.8. The quantitative estimate of drug-likeness (QED) is 0.174. The molecule has 0 saturated carbocycles. The maximum atomic E-state index is 4.64. The number of hydrogen-bond acceptors (Lipinski definition) is 2. The predicted octanol–water partition coefficient (Wildman–Crippen LogP) is 7.96. The maximum Gasteiger partial charge on any atom is 2.00 e. The van der Waals surface area contributed by atoms with E-state index in [2.05, 4.69) is 98.0 Å². The SMILES string of the molecule is [Pt+2].[c-]1cccc2c3ccccc3n(-c3[c-]c4c(cc3)c3ccccc3n4-c3ccccn3)c12.c1ccncc1. The smallest absolute Gasteiger partial charge is 0.358 e. The number of fused-ring (bicyclic) bond motifs is 6. The summed E-state index contributed by atoms with van der Waals surface area (Å²) in [7, 11) is 0. The second-order valence-corrected chi connectivity index (χ2v) is 8.96. The molecule has 0 saturated heterocycles. The first-order valence-electron chi connectivity index (χ1n) is 12.5. The summed E-state index contributed by atoms with van der Waals surface area (Å²) in [5.41, 5.74) is 5.35. The summed E-state index contributed by atoms with van der Waals surface area (Å²) in [6.45, 7) is 0. The molecule has 5 heteroatoms. The number of nitrogens with zero attached hydrogens (tertiary/aromatic N) is 4. The summed E-state index contributed by atoms with van der Waals surface area (Å²) in [5, 5.41) is 4.78. The minimum atomic E-state index is 0. The Labute approximate surface area is 240 Å². The van der Waals surface area contributed by atoms with Crippen molar-refractivity contribution in [3.05, 3.63) is 146 Å². The molecule has 0 fully saturated rings. The Hall–Kier alpha value is -4.53. The van der Waals surface area contributed by atoms with Gasteiger partial charge >= 0.3 is 21.1 Å². The Morgan fingerprint density at radius 1 is 0.513 bits per heavy atom. The van der Waals surface area contributed by atoms with E-state index in [0.717, 1.165) is 33.6 Å². The summed E-state index contributed by atoms with van der Waals surface area (Å²) < 4.78 is 4.45. The Balaban J connectivity index is 0.000000353.